The van der Waals surface area contributed by atoms with Crippen LogP contribution >= 0.6 is 0 Å². The summed E-state index contributed by atoms with van der Waals surface area (Å²) in [5.74, 6) is 0. The van der Waals surface area contributed by atoms with Crippen molar-refractivity contribution in [3.8, 4) is 0 Å². The minimum Gasteiger partial charge on any atom is -0.344 e. The molecule has 120 heavy (non-hydrogen) atoms. The Morgan fingerprint density at radius 2 is 0.0417 bits per heavy atom. The lowest BCUT2D eigenvalue weighted by Crippen LogP contribution is -0.482. The molecule has 962 valence electrons. The van der Waals surface area contributed by atoms with Gasteiger partial charge >= 0.3 is 0 Å². The quantitative estimate of drug-likeness (QED) is 0.107. The highest BCUT2D eigenvalue weighted by Gasteiger charge is 0.0132. The molecule has 38 heteroatoms. The summed E-state index contributed by atoms with van der Waals surface area (Å²) in [7, 11) is 0. The average molecular weight is 2000 g/mol. The molecule has 114 N–H and O–H groups in total. The van der Waals surface area contributed by atoms with Gasteiger partial charge in [-0.1, -0.05) is 609 Å². The zero-order valence-corrected chi connectivity index (χ0v) is 21.9. The molecule has 0 aliphatic rings. The maximum absolute atomic E-state index is 5.25. The molecule has 0 heterocycles. The third-order valence-corrected chi connectivity index (χ3v) is 0. The third kappa shape index (κ3) is 672000. The number of hydrogen-bond donors (Lipinski definition) is 38. The molecule has 0 aromatic rings. The zero-order chi connectivity index (χ0) is 76.0. The van der Waals surface area contributed by atoms with Crippen molar-refractivity contribution in [2.45, 2.75) is 609 Å². The van der Waals surface area contributed by atoms with E-state index < -0.39 is 0 Å². The molecule has 0 aromatic carbocycles. The first-order valence-electron chi connectivity index (χ1n) is 21.9. The van der Waals surface area contributed by atoms with Gasteiger partial charge in [0.1, 0.15) is 53.6 Å². The van der Waals surface area contributed by atoms with E-state index in [1.807, 2.05) is 0 Å². The average Bonchev–Trinajstić information content (AvgIpc) is 3.67. The van der Waals surface area contributed by atoms with Crippen molar-refractivity contribution in [3.05, 3.63) is 0 Å². The Morgan fingerprint density at radius 1 is 0.0417 bits per heavy atom. The molecule has 0 saturated carbocycles. The van der Waals surface area contributed by atoms with Crippen LogP contribution in [-0.4, -0.2) is 0 Å². The minimum absolute atomic E-state index is 0. The monoisotopic (exact) mass is 2000 g/mol. The van der Waals surface area contributed by atoms with E-state index in [1.165, 1.54) is 0 Å². The molecule has 0 aliphatic heterocycles. The summed E-state index contributed by atoms with van der Waals surface area (Å²) in [5.41, 5.74) is 0. The van der Waals surface area contributed by atoms with Gasteiger partial charge < -0.3 is 233 Å². The second-order valence-corrected chi connectivity index (χ2v) is 0. The number of rotatable bonds is 0. The highest BCUT2D eigenvalue weighted by Crippen LogP contribution is 0.230. The molecule has 0 aromatic heterocycles. The highest BCUT2D eigenvalue weighted by molar-refractivity contribution is 2.59. The molecule has 0 unspecified atom stereocenters. The summed E-state index contributed by atoms with van der Waals surface area (Å²) in [5, 5.41) is 0. The lowest BCUT2D eigenvalue weighted by Gasteiger charge is -0.345. The van der Waals surface area contributed by atoms with Gasteiger partial charge in [-0.3, -0.25) is 0 Å². The predicted molar refractivity (Wildman–Crippen MR) is 745 cm³/mol. The van der Waals surface area contributed by atoms with E-state index in [9.17, 15) is 0 Å². The fourth-order valence-electron chi connectivity index (χ4n) is 0. The van der Waals surface area contributed by atoms with Crippen molar-refractivity contribution in [1.82, 2.24) is 233 Å². The zero-order valence-electron chi connectivity index (χ0n) is 59.9. The maximum atomic E-state index is 5.25. The standard InChI is InChI=1S/82CH4.38H3N.H2/h82*1H4;38*1H3;1H/i/hD38. The fraction of sp³-hybridized carbons (Fsp3) is 1.00. The summed E-state index contributed by atoms with van der Waals surface area (Å²) in [4.78, 5) is 0. The maximum Gasteiger partial charge on any atom is 0.115 e. The van der Waals surface area contributed by atoms with Crippen LogP contribution < -0.4 is 233 Å². The van der Waals surface area contributed by atoms with Crippen molar-refractivity contribution in [2.75, 3.05) is 0 Å². The van der Waals surface area contributed by atoms with Gasteiger partial charge in [-0.25, -0.2) is 0 Å². The van der Waals surface area contributed by atoms with Gasteiger partial charge in [0.2, 0.25) is 0 Å². The first-order chi connectivity index (χ1) is 38.0. The molecular weight excluding hydrogens is 1520 g/mol. The van der Waals surface area contributed by atoms with E-state index in [-0.39, 0.29) is 610 Å². The van der Waals surface area contributed by atoms with E-state index in [4.69, 9.17) is 53.6 Å². The van der Waals surface area contributed by atoms with Gasteiger partial charge in [0.25, 0.3) is 0 Å². The molecule has 0 fully saturated rings. The van der Waals surface area contributed by atoms with E-state index in [0.29, 0.717) is 0 Å². The van der Waals surface area contributed by atoms with Crippen LogP contribution in [0.25, 0.3) is 0 Å². The van der Waals surface area contributed by atoms with Crippen LogP contribution in [0.3, 0.4) is 0 Å². The Labute approximate surface area is 896 Å². The van der Waals surface area contributed by atoms with Gasteiger partial charge in [0, 0.05) is 1.43 Å². The van der Waals surface area contributed by atoms with E-state index in [2.05, 4.69) is 233 Å². The first kappa shape index (κ1) is 1230. The summed E-state index contributed by atoms with van der Waals surface area (Å²) in [6.45, 7) is 0. The summed E-state index contributed by atoms with van der Waals surface area (Å²) < 4.78 is 200. The molecule has 0 rings (SSSR count). The Balaban J connectivity index is -0.000000000773. The van der Waals surface area contributed by atoms with E-state index in [0.717, 1.165) is 0 Å². The molecule has 0 spiro atoms. The van der Waals surface area contributed by atoms with Crippen LogP contribution in [0.2, 0.25) is 53.6 Å². The molecule has 0 saturated heterocycles. The van der Waals surface area contributed by atoms with Gasteiger partial charge in [-0.2, -0.15) is 0 Å². The van der Waals surface area contributed by atoms with Crippen molar-refractivity contribution in [1.29, 1.82) is 0 Å². The topological polar surface area (TPSA) is 1330 Å². The largest absolute Gasteiger partial charge is 0.344 e. The Morgan fingerprint density at radius 3 is 0.0417 bits per heavy atom. The molecule has 0 atom stereocenters. The highest BCUT2D eigenvalue weighted by atomic mass is 14.0. The van der Waals surface area contributed by atoms with Crippen LogP contribution in [0.15, 0.2) is 0 Å². The summed E-state index contributed by atoms with van der Waals surface area (Å²) in [6, 6.07) is 0. The molecule has 38 nitrogen and oxygen atoms in total. The van der Waals surface area contributed by atoms with Gasteiger partial charge in [0.05, 0.1) is 0 Å². The lowest BCUT2D eigenvalue weighted by molar-refractivity contribution is 2.13. The smallest absolute Gasteiger partial charge is 0.115 e. The lowest BCUT2D eigenvalue weighted by atomic mass is 12.0. The molecule has 0 radical (unpaired) electrons. The molecule has 0 amide bonds. The fourth-order valence-corrected chi connectivity index (χ4v) is 0. The van der Waals surface area contributed by atoms with Crippen LogP contribution in [-0.2, 0) is 0 Å². The normalized spacial score (nSPS) is 2.22. The number of hydrogen-bond acceptors (Lipinski definition) is 38. The van der Waals surface area contributed by atoms with E-state index >= 15 is 0 Å². The SMILES string of the molecule is C.C.C.C.C.C.C.C.C.C.C.C.C.C.C.C.C.C.C.C.C.C.C.C.C.C.C.C.C.C.C.C.C.C.C.C.C.C.C.C.C.C.C.C.C.C.C.C.C.C.C.C.C.C.C.C.C.C.C.C.C.C.C.C.C.C.C.C.C.C.C.C.C.C.C.C.C.C.C.C.C.C.[2H]N.[2H]N.[2H]N.[2H]N.[2H]N.[2H]N.[2H]N.[2H]N.[2H]N.[2H]N.[2H]N.[2H]N.[2H]N.[2H]N.[2H]N.[2H]N.[2H]N.[2H]N.[2H]N.[2H]N.[2H]N.[2H]N.[2H]N.[2H]N.[2H]N.[2H]N.[2H]N.[2H]N.[2H]N.[2H]N.[2H]N.[2H]N.[2H]N.[2H]N.[2H]N.[2H]N.[2H]N.[2H]N.[HH]. The molecule has 0 bridgehead atoms. The van der Waals surface area contributed by atoms with Crippen LogP contribution in [0.1, 0.15) is 610 Å². The second-order valence-electron chi connectivity index (χ2n) is 0. The first-order valence-corrected chi connectivity index (χ1v) is 0. The van der Waals surface area contributed by atoms with Crippen molar-refractivity contribution < 1.29 is 55.1 Å². The molecular formula is C82H444N38. The van der Waals surface area contributed by atoms with Crippen molar-refractivity contribution in [3.63, 3.8) is 0 Å². The Bertz CT molecular complexity index is 236. The minimum atomic E-state index is 0. The Kier molecular flexibility index (Phi) is 7060000. The van der Waals surface area contributed by atoms with Gasteiger partial charge in [-0.15, -0.1) is 0 Å². The third-order valence-electron chi connectivity index (χ3n) is 0. The van der Waals surface area contributed by atoms with Crippen LogP contribution in [0.5, 0.6) is 0 Å². The van der Waals surface area contributed by atoms with Gasteiger partial charge in [-0.05, 0) is 0 Å². The summed E-state index contributed by atoms with van der Waals surface area (Å²) >= 11 is 0. The predicted octanol–water partition coefficient (Wildman–Crippen LogP) is 58.6. The van der Waals surface area contributed by atoms with Crippen LogP contribution in [0, 0.1) is 0 Å². The van der Waals surface area contributed by atoms with Crippen molar-refractivity contribution >= 4 is 0 Å². The summed E-state index contributed by atoms with van der Waals surface area (Å²) in [6.07, 6.45) is 142. The van der Waals surface area contributed by atoms with Crippen molar-refractivity contribution in [2.24, 2.45) is 0 Å². The van der Waals surface area contributed by atoms with E-state index in [1.54, 1.807) is 0 Å². The molecule has 0 aliphatic carbocycles. The van der Waals surface area contributed by atoms with Crippen LogP contribution in [0.4, 0.5) is 0 Å². The van der Waals surface area contributed by atoms with Gasteiger partial charge in [0.15, 0.2) is 0 Å². The Hall–Kier alpha value is -1.52. The second kappa shape index (κ2) is 690000.